The monoisotopic (exact) mass is 530 g/mol. The van der Waals surface area contributed by atoms with Crippen molar-refractivity contribution in [3.8, 4) is 0 Å². The number of nitrogens with two attached hydrogens (primary N) is 2. The third kappa shape index (κ3) is 7.20. The number of hydrogen-bond acceptors (Lipinski definition) is 8. The Balaban J connectivity index is 0.000000211. The van der Waals surface area contributed by atoms with Gasteiger partial charge in [0.1, 0.15) is 23.4 Å². The lowest BCUT2D eigenvalue weighted by Crippen LogP contribution is -2.62. The second kappa shape index (κ2) is 14.0. The van der Waals surface area contributed by atoms with Gasteiger partial charge in [-0.3, -0.25) is 0 Å². The summed E-state index contributed by atoms with van der Waals surface area (Å²) in [5.74, 6) is -0.0981. The minimum Gasteiger partial charge on any atom is -0.385 e. The van der Waals surface area contributed by atoms with Gasteiger partial charge >= 0.3 is 0 Å². The molecular formula is C30H46N2O6. The van der Waals surface area contributed by atoms with Crippen molar-refractivity contribution in [2.24, 2.45) is 23.3 Å². The molecule has 2 heterocycles. The van der Waals surface area contributed by atoms with Crippen LogP contribution in [0.1, 0.15) is 38.8 Å². The van der Waals surface area contributed by atoms with Crippen molar-refractivity contribution >= 4 is 0 Å². The quantitative estimate of drug-likeness (QED) is 0.410. The fourth-order valence-corrected chi connectivity index (χ4v) is 5.02. The first-order valence-electron chi connectivity index (χ1n) is 13.5. The summed E-state index contributed by atoms with van der Waals surface area (Å²) in [6.45, 7) is 9.86. The number of ether oxygens (including phenoxy) is 4. The van der Waals surface area contributed by atoms with Crippen molar-refractivity contribution in [2.45, 2.75) is 76.5 Å². The summed E-state index contributed by atoms with van der Waals surface area (Å²) in [7, 11) is 0. The van der Waals surface area contributed by atoms with Gasteiger partial charge in [-0.05, 0) is 25.0 Å². The third-order valence-corrected chi connectivity index (χ3v) is 8.36. The fourth-order valence-electron chi connectivity index (χ4n) is 5.02. The molecule has 8 heteroatoms. The summed E-state index contributed by atoms with van der Waals surface area (Å²) in [6, 6.07) is 19.8. The molecule has 212 valence electrons. The smallest absolute Gasteiger partial charge is 0.111 e. The first kappa shape index (κ1) is 30.7. The second-order valence-electron chi connectivity index (χ2n) is 10.6. The molecular weight excluding hydrogens is 484 g/mol. The van der Waals surface area contributed by atoms with E-state index in [1.165, 1.54) is 0 Å². The van der Waals surface area contributed by atoms with E-state index in [0.29, 0.717) is 26.4 Å². The molecule has 2 aromatic rings. The normalized spacial score (nSPS) is 35.3. The van der Waals surface area contributed by atoms with Gasteiger partial charge in [0.25, 0.3) is 0 Å². The number of rotatable bonds is 8. The highest BCUT2D eigenvalue weighted by molar-refractivity contribution is 5.14. The van der Waals surface area contributed by atoms with Crippen LogP contribution in [0.5, 0.6) is 0 Å². The molecule has 0 aliphatic carbocycles. The molecule has 2 aliphatic rings. The number of benzene rings is 2. The molecule has 4 rings (SSSR count). The van der Waals surface area contributed by atoms with Crippen LogP contribution >= 0.6 is 0 Å². The molecule has 8 nitrogen and oxygen atoms in total. The van der Waals surface area contributed by atoms with Crippen LogP contribution < -0.4 is 11.5 Å². The molecule has 4 unspecified atom stereocenters. The predicted octanol–water partition coefficient (Wildman–Crippen LogP) is 2.63. The Morgan fingerprint density at radius 3 is 1.34 bits per heavy atom. The van der Waals surface area contributed by atoms with Crippen LogP contribution in [0.4, 0.5) is 0 Å². The largest absolute Gasteiger partial charge is 0.385 e. The predicted molar refractivity (Wildman–Crippen MR) is 147 cm³/mol. The summed E-state index contributed by atoms with van der Waals surface area (Å²) in [5, 5.41) is 21.5. The highest BCUT2D eigenvalue weighted by Crippen LogP contribution is 2.33. The van der Waals surface area contributed by atoms with Crippen LogP contribution in [0.15, 0.2) is 60.7 Å². The van der Waals surface area contributed by atoms with E-state index >= 15 is 0 Å². The first-order valence-corrected chi connectivity index (χ1v) is 13.5. The molecule has 2 saturated heterocycles. The molecule has 0 spiro atoms. The van der Waals surface area contributed by atoms with Crippen LogP contribution in [0.25, 0.3) is 0 Å². The van der Waals surface area contributed by atoms with Crippen molar-refractivity contribution in [3.05, 3.63) is 71.8 Å². The van der Waals surface area contributed by atoms with Gasteiger partial charge in [0, 0.05) is 24.9 Å². The molecule has 0 bridgehead atoms. The highest BCUT2D eigenvalue weighted by atomic mass is 16.6. The summed E-state index contributed by atoms with van der Waals surface area (Å²) >= 11 is 0. The van der Waals surface area contributed by atoms with Gasteiger partial charge in [-0.2, -0.15) is 0 Å². The zero-order valence-corrected chi connectivity index (χ0v) is 23.2. The summed E-state index contributed by atoms with van der Waals surface area (Å²) in [6.07, 6.45) is -0.789. The van der Waals surface area contributed by atoms with Crippen LogP contribution in [0, 0.1) is 11.8 Å². The average molecular weight is 531 g/mol. The van der Waals surface area contributed by atoms with Crippen molar-refractivity contribution < 1.29 is 29.2 Å². The van der Waals surface area contributed by atoms with E-state index in [0.717, 1.165) is 11.1 Å². The summed E-state index contributed by atoms with van der Waals surface area (Å²) in [5.41, 5.74) is 11.6. The maximum absolute atomic E-state index is 10.7. The second-order valence-corrected chi connectivity index (χ2v) is 10.6. The molecule has 0 saturated carbocycles. The van der Waals surface area contributed by atoms with E-state index in [-0.39, 0.29) is 49.3 Å². The van der Waals surface area contributed by atoms with Crippen molar-refractivity contribution in [1.82, 2.24) is 0 Å². The third-order valence-electron chi connectivity index (χ3n) is 8.36. The number of aliphatic hydroxyl groups is 2. The Morgan fingerprint density at radius 2 is 1.03 bits per heavy atom. The number of hydrogen-bond donors (Lipinski definition) is 4. The van der Waals surface area contributed by atoms with E-state index in [2.05, 4.69) is 0 Å². The maximum atomic E-state index is 10.7. The van der Waals surface area contributed by atoms with E-state index in [9.17, 15) is 10.2 Å². The van der Waals surface area contributed by atoms with Crippen LogP contribution in [0.3, 0.4) is 0 Å². The van der Waals surface area contributed by atoms with E-state index < -0.39 is 11.2 Å². The molecule has 0 aromatic heterocycles. The van der Waals surface area contributed by atoms with E-state index in [1.807, 2.05) is 88.4 Å². The van der Waals surface area contributed by atoms with E-state index in [4.69, 9.17) is 30.4 Å². The van der Waals surface area contributed by atoms with Crippen LogP contribution in [-0.4, -0.2) is 72.1 Å². The molecule has 6 N–H and O–H groups in total. The van der Waals surface area contributed by atoms with Gasteiger partial charge in [0.2, 0.25) is 0 Å². The fraction of sp³-hybridized carbons (Fsp3) is 0.600. The molecule has 0 amide bonds. The zero-order chi connectivity index (χ0) is 27.8. The van der Waals surface area contributed by atoms with Gasteiger partial charge in [0.15, 0.2) is 0 Å². The Kier molecular flexibility index (Phi) is 11.3. The topological polar surface area (TPSA) is 129 Å². The Labute approximate surface area is 227 Å². The molecule has 2 fully saturated rings. The lowest BCUT2D eigenvalue weighted by atomic mass is 9.79. The van der Waals surface area contributed by atoms with Crippen molar-refractivity contribution in [2.75, 3.05) is 26.3 Å². The molecule has 0 radical (unpaired) electrons. The Morgan fingerprint density at radius 1 is 0.684 bits per heavy atom. The highest BCUT2D eigenvalue weighted by Gasteiger charge is 2.48. The van der Waals surface area contributed by atoms with Crippen LogP contribution in [-0.2, 0) is 32.2 Å². The van der Waals surface area contributed by atoms with Crippen molar-refractivity contribution in [1.29, 1.82) is 0 Å². The molecule has 38 heavy (non-hydrogen) atoms. The van der Waals surface area contributed by atoms with E-state index in [1.54, 1.807) is 0 Å². The van der Waals surface area contributed by atoms with Gasteiger partial charge in [-0.15, -0.1) is 0 Å². The average Bonchev–Trinajstić information content (AvgIpc) is 2.95. The summed E-state index contributed by atoms with van der Waals surface area (Å²) < 4.78 is 23.0. The van der Waals surface area contributed by atoms with Gasteiger partial charge in [0.05, 0.1) is 38.6 Å². The van der Waals surface area contributed by atoms with Gasteiger partial charge < -0.3 is 40.6 Å². The molecule has 2 aromatic carbocycles. The van der Waals surface area contributed by atoms with Gasteiger partial charge in [-0.1, -0.05) is 74.5 Å². The molecule has 8 atom stereocenters. The first-order chi connectivity index (χ1) is 18.2. The minimum absolute atomic E-state index is 0.00914. The zero-order valence-electron chi connectivity index (χ0n) is 23.2. The Bertz CT molecular complexity index is 873. The SMILES string of the molecule is CC1OCC(OCc2ccccc2)[C@@](O)(CN)[C@@H]1C.CC1OCC(OCc2ccccc2)[C@](O)(CN)[C@@H]1C. The lowest BCUT2D eigenvalue weighted by Gasteiger charge is -2.46. The van der Waals surface area contributed by atoms with Crippen LogP contribution in [0.2, 0.25) is 0 Å². The van der Waals surface area contributed by atoms with Crippen molar-refractivity contribution in [3.63, 3.8) is 0 Å². The summed E-state index contributed by atoms with van der Waals surface area (Å²) in [4.78, 5) is 0. The molecule has 2 aliphatic heterocycles. The Hall–Kier alpha value is -1.88. The lowest BCUT2D eigenvalue weighted by molar-refractivity contribution is -0.223. The van der Waals surface area contributed by atoms with Gasteiger partial charge in [-0.25, -0.2) is 0 Å². The minimum atomic E-state index is -1.02. The maximum Gasteiger partial charge on any atom is 0.111 e. The standard InChI is InChI=1S/2C15H23NO3/c2*1-11-12(2)18-9-14(15(11,17)10-16)19-8-13-6-4-3-5-7-13/h2*3-7,11-12,14,17H,8-10,16H2,1-2H3/t11-,12?,14?,15+;11-,12?,14?,15-/m11/s1.